The predicted molar refractivity (Wildman–Crippen MR) is 162 cm³/mol. The van der Waals surface area contributed by atoms with E-state index in [0.29, 0.717) is 0 Å². The van der Waals surface area contributed by atoms with Crippen molar-refractivity contribution in [3.63, 3.8) is 0 Å². The van der Waals surface area contributed by atoms with E-state index in [-0.39, 0.29) is 44.9 Å². The molecule has 52 heavy (non-hydrogen) atoms. The molecule has 0 bridgehead atoms. The van der Waals surface area contributed by atoms with Crippen molar-refractivity contribution >= 4 is 35.8 Å². The van der Waals surface area contributed by atoms with E-state index in [9.17, 15) is 28.8 Å². The van der Waals surface area contributed by atoms with Crippen LogP contribution < -0.4 is 18.9 Å². The monoisotopic (exact) mass is 714 g/mol. The van der Waals surface area contributed by atoms with Crippen LogP contribution in [-0.2, 0) is 9.47 Å². The first-order valence-corrected chi connectivity index (χ1v) is 14.5. The minimum atomic E-state index is -1.99. The fourth-order valence-corrected chi connectivity index (χ4v) is 4.97. The summed E-state index contributed by atoms with van der Waals surface area (Å²) in [5.41, 5.74) is -0.703. The molecule has 0 N–H and O–H groups in total. The van der Waals surface area contributed by atoms with E-state index in [4.69, 9.17) is 18.9 Å². The molecule has 12 nitrogen and oxygen atoms in total. The molecule has 2 heterocycles. The van der Waals surface area contributed by atoms with E-state index < -0.39 is 82.1 Å². The molecule has 0 radical (unpaired) electrons. The third-order valence-electron chi connectivity index (χ3n) is 7.42. The number of benzene rings is 5. The average molecular weight is 714 g/mol. The van der Waals surface area contributed by atoms with E-state index in [1.807, 2.05) is 0 Å². The molecule has 2 aliphatic rings. The lowest BCUT2D eigenvalue weighted by Crippen LogP contribution is -2.10. The Balaban J connectivity index is 1.06. The molecule has 5 aromatic rings. The van der Waals surface area contributed by atoms with Gasteiger partial charge in [-0.3, -0.25) is 0 Å². The standard InChI is InChI=1S/C36H14F4O12/c37-25-27(39)30(48-18-4-2-6-20(14-18)50-32(42)16-8-10-22-24(12-16)36(46)52-34(22)44)28(40)26(38)29(25)47-17-3-1-5-19(13-17)49-31(41)15-7-9-21-23(11-15)35(45)51-33(21)43/h1-14H. The summed E-state index contributed by atoms with van der Waals surface area (Å²) in [5.74, 6) is -18.0. The van der Waals surface area contributed by atoms with Crippen LogP contribution in [0.4, 0.5) is 17.6 Å². The number of esters is 6. The van der Waals surface area contributed by atoms with Crippen LogP contribution in [0.5, 0.6) is 34.5 Å². The van der Waals surface area contributed by atoms with Crippen LogP contribution >= 0.6 is 0 Å². The molecule has 16 heteroatoms. The Bertz CT molecular complexity index is 2240. The SMILES string of the molecule is O=C(Oc1cccc(Oc2c(F)c(F)c(Oc3cccc(OC(=O)c4ccc5c(c4)C(=O)OC5=O)c3)c(F)c2F)c1)c1ccc2c(c1)C(=O)OC2=O. The number of carbonyl (C=O) groups is 6. The van der Waals surface area contributed by atoms with Crippen molar-refractivity contribution in [3.05, 3.63) is 142 Å². The average Bonchev–Trinajstić information content (AvgIpc) is 3.59. The Morgan fingerprint density at radius 2 is 0.788 bits per heavy atom. The van der Waals surface area contributed by atoms with Crippen LogP contribution in [0.15, 0.2) is 84.9 Å². The second kappa shape index (κ2) is 12.8. The van der Waals surface area contributed by atoms with Crippen LogP contribution in [-0.4, -0.2) is 35.8 Å². The first-order chi connectivity index (χ1) is 24.9. The normalized spacial score (nSPS) is 12.8. The van der Waals surface area contributed by atoms with Crippen molar-refractivity contribution in [1.29, 1.82) is 0 Å². The predicted octanol–water partition coefficient (Wildman–Crippen LogP) is 6.89. The minimum absolute atomic E-state index is 0.0462. The van der Waals surface area contributed by atoms with Gasteiger partial charge in [0.25, 0.3) is 0 Å². The number of fused-ring (bicyclic) bond motifs is 2. The number of rotatable bonds is 8. The zero-order chi connectivity index (χ0) is 36.8. The van der Waals surface area contributed by atoms with Crippen molar-refractivity contribution < 1.29 is 74.8 Å². The van der Waals surface area contributed by atoms with Gasteiger partial charge in [-0.05, 0) is 60.7 Å². The van der Waals surface area contributed by atoms with Gasteiger partial charge >= 0.3 is 35.8 Å². The summed E-state index contributed by atoms with van der Waals surface area (Å²) in [5, 5.41) is 0. The van der Waals surface area contributed by atoms with E-state index in [2.05, 4.69) is 9.47 Å². The number of halogens is 4. The highest BCUT2D eigenvalue weighted by atomic mass is 19.2. The molecule has 7 rings (SSSR count). The maximum Gasteiger partial charge on any atom is 0.346 e. The Labute approximate surface area is 286 Å². The van der Waals surface area contributed by atoms with Gasteiger partial charge in [-0.25, -0.2) is 28.8 Å². The van der Waals surface area contributed by atoms with Gasteiger partial charge in [0.2, 0.25) is 34.8 Å². The van der Waals surface area contributed by atoms with Gasteiger partial charge in [0.05, 0.1) is 33.4 Å². The summed E-state index contributed by atoms with van der Waals surface area (Å²) < 4.78 is 90.0. The van der Waals surface area contributed by atoms with Gasteiger partial charge in [-0.2, -0.15) is 17.6 Å². The number of cyclic esters (lactones) is 4. The topological polar surface area (TPSA) is 158 Å². The van der Waals surface area contributed by atoms with Crippen LogP contribution in [0.3, 0.4) is 0 Å². The Morgan fingerprint density at radius 1 is 0.442 bits per heavy atom. The van der Waals surface area contributed by atoms with Crippen LogP contribution in [0.2, 0.25) is 0 Å². The summed E-state index contributed by atoms with van der Waals surface area (Å²) in [6.45, 7) is 0. The van der Waals surface area contributed by atoms with Gasteiger partial charge in [0, 0.05) is 12.1 Å². The lowest BCUT2D eigenvalue weighted by molar-refractivity contribution is 0.0425. The number of hydrogen-bond donors (Lipinski definition) is 0. The van der Waals surface area contributed by atoms with Crippen molar-refractivity contribution in [2.24, 2.45) is 0 Å². The molecule has 0 amide bonds. The molecular formula is C36H14F4O12. The summed E-state index contributed by atoms with van der Waals surface area (Å²) in [6, 6.07) is 16.1. The highest BCUT2D eigenvalue weighted by molar-refractivity contribution is 6.16. The Hall–Kier alpha value is -7.36. The molecule has 258 valence electrons. The summed E-state index contributed by atoms with van der Waals surface area (Å²) >= 11 is 0. The smallest absolute Gasteiger partial charge is 0.346 e. The summed E-state index contributed by atoms with van der Waals surface area (Å²) in [4.78, 5) is 72.2. The van der Waals surface area contributed by atoms with Gasteiger partial charge in [0.15, 0.2) is 0 Å². The molecule has 0 aliphatic carbocycles. The van der Waals surface area contributed by atoms with Crippen LogP contribution in [0.1, 0.15) is 62.1 Å². The molecule has 0 aromatic heterocycles. The second-order valence-electron chi connectivity index (χ2n) is 10.7. The van der Waals surface area contributed by atoms with E-state index in [1.165, 1.54) is 48.5 Å². The fraction of sp³-hybridized carbons (Fsp3) is 0. The molecule has 0 saturated heterocycles. The second-order valence-corrected chi connectivity index (χ2v) is 10.7. The number of ether oxygens (including phenoxy) is 6. The zero-order valence-electron chi connectivity index (χ0n) is 25.5. The quantitative estimate of drug-likeness (QED) is 0.0540. The minimum Gasteiger partial charge on any atom is -0.451 e. The lowest BCUT2D eigenvalue weighted by Gasteiger charge is -2.14. The first-order valence-electron chi connectivity index (χ1n) is 14.5. The highest BCUT2D eigenvalue weighted by Gasteiger charge is 2.33. The molecule has 0 spiro atoms. The van der Waals surface area contributed by atoms with Crippen molar-refractivity contribution in [2.45, 2.75) is 0 Å². The van der Waals surface area contributed by atoms with Crippen molar-refractivity contribution in [3.8, 4) is 34.5 Å². The third-order valence-corrected chi connectivity index (χ3v) is 7.42. The number of hydrogen-bond acceptors (Lipinski definition) is 12. The zero-order valence-corrected chi connectivity index (χ0v) is 25.5. The van der Waals surface area contributed by atoms with Gasteiger partial charge in [0.1, 0.15) is 23.0 Å². The molecule has 0 saturated carbocycles. The summed E-state index contributed by atoms with van der Waals surface area (Å²) in [6.07, 6.45) is 0. The molecule has 0 atom stereocenters. The molecular weight excluding hydrogens is 700 g/mol. The Morgan fingerprint density at radius 3 is 1.17 bits per heavy atom. The number of carbonyl (C=O) groups excluding carboxylic acids is 6. The van der Waals surface area contributed by atoms with Gasteiger partial charge in [-0.15, -0.1) is 0 Å². The first kappa shape index (κ1) is 33.2. The lowest BCUT2D eigenvalue weighted by atomic mass is 10.1. The van der Waals surface area contributed by atoms with Gasteiger partial charge < -0.3 is 28.4 Å². The Kier molecular flexibility index (Phi) is 8.18. The summed E-state index contributed by atoms with van der Waals surface area (Å²) in [7, 11) is 0. The van der Waals surface area contributed by atoms with Crippen molar-refractivity contribution in [2.75, 3.05) is 0 Å². The third kappa shape index (κ3) is 6.04. The molecule has 5 aromatic carbocycles. The van der Waals surface area contributed by atoms with Crippen molar-refractivity contribution in [1.82, 2.24) is 0 Å². The van der Waals surface area contributed by atoms with E-state index in [1.54, 1.807) is 0 Å². The molecule has 0 fully saturated rings. The van der Waals surface area contributed by atoms with E-state index >= 15 is 17.6 Å². The molecule has 0 unspecified atom stereocenters. The highest BCUT2D eigenvalue weighted by Crippen LogP contribution is 2.40. The van der Waals surface area contributed by atoms with Crippen LogP contribution in [0.25, 0.3) is 0 Å². The van der Waals surface area contributed by atoms with E-state index in [0.717, 1.165) is 36.4 Å². The molecule has 2 aliphatic heterocycles. The van der Waals surface area contributed by atoms with Crippen LogP contribution in [0, 0.1) is 23.3 Å². The maximum absolute atomic E-state index is 15.1. The van der Waals surface area contributed by atoms with Gasteiger partial charge in [-0.1, -0.05) is 12.1 Å². The maximum atomic E-state index is 15.1. The largest absolute Gasteiger partial charge is 0.451 e. The fourth-order valence-electron chi connectivity index (χ4n) is 4.97.